The molecule has 4 saturated carbocycles. The molecule has 3 nitrogen and oxygen atoms in total. The molecular formula is C57H43N3. The van der Waals surface area contributed by atoms with Crippen LogP contribution in [0, 0.1) is 23.7 Å². The first-order valence-electron chi connectivity index (χ1n) is 21.9. The average Bonchev–Trinajstić information content (AvgIpc) is 3.61. The van der Waals surface area contributed by atoms with Crippen molar-refractivity contribution >= 4 is 21.5 Å². The van der Waals surface area contributed by atoms with Gasteiger partial charge in [0.15, 0.2) is 17.5 Å². The highest BCUT2D eigenvalue weighted by atomic mass is 15.0. The summed E-state index contributed by atoms with van der Waals surface area (Å²) in [6, 6.07) is 64.3. The first kappa shape index (κ1) is 34.2. The van der Waals surface area contributed by atoms with Gasteiger partial charge in [0.05, 0.1) is 0 Å². The fourth-order valence-electron chi connectivity index (χ4n) is 12.6. The molecule has 4 bridgehead atoms. The second-order valence-corrected chi connectivity index (χ2v) is 18.0. The number of aromatic nitrogens is 3. The fraction of sp³-hybridized carbons (Fsp3) is 0.175. The summed E-state index contributed by atoms with van der Waals surface area (Å²) in [6.07, 6.45) is 6.98. The SMILES string of the molecule is c1ccc(-c2cccc(-c3nc(-c4ccccc4)nc(-c4ccc5cccc(-c6ccc7c(c6)-c6ccc8ccccc8c6C76C7CC8CC(C7)CC6C8)c5c4)n3)c2)cc1. The minimum absolute atomic E-state index is 0.108. The van der Waals surface area contributed by atoms with Crippen LogP contribution in [0.4, 0.5) is 0 Å². The molecule has 0 aliphatic heterocycles. The molecular weight excluding hydrogens is 727 g/mol. The standard InChI is InChI=1S/C57H43N3/c1-3-11-37(12-4-1)41-17-9-18-43(32-41)55-58-54(40-14-5-2-6-15-40)59-56(60-55)44-22-21-39-16-10-20-47(50(39)34-44)42-24-26-52-51(33-42)49-25-23-38-13-7-8-19-48(38)53(49)57(52)45-28-35-27-36(30-45)31-46(57)29-35/h1-26,32-36,45-46H,27-31H2. The molecule has 286 valence electrons. The van der Waals surface area contributed by atoms with E-state index in [0.717, 1.165) is 51.5 Å². The van der Waals surface area contributed by atoms with Crippen molar-refractivity contribution < 1.29 is 0 Å². The van der Waals surface area contributed by atoms with E-state index in [1.165, 1.54) is 75.9 Å². The summed E-state index contributed by atoms with van der Waals surface area (Å²) >= 11 is 0. The third-order valence-electron chi connectivity index (χ3n) is 14.9. The van der Waals surface area contributed by atoms with Crippen molar-refractivity contribution in [3.8, 4) is 67.5 Å². The molecule has 1 heterocycles. The Bertz CT molecular complexity index is 3140. The monoisotopic (exact) mass is 769 g/mol. The summed E-state index contributed by atoms with van der Waals surface area (Å²) in [6.45, 7) is 0. The van der Waals surface area contributed by atoms with Crippen LogP contribution in [0.5, 0.6) is 0 Å². The number of benzene rings is 8. The fourth-order valence-corrected chi connectivity index (χ4v) is 12.6. The van der Waals surface area contributed by atoms with Crippen molar-refractivity contribution in [2.45, 2.75) is 37.5 Å². The Morgan fingerprint density at radius 3 is 1.68 bits per heavy atom. The van der Waals surface area contributed by atoms with Gasteiger partial charge in [-0.15, -0.1) is 0 Å². The molecule has 14 rings (SSSR count). The van der Waals surface area contributed by atoms with E-state index in [-0.39, 0.29) is 5.41 Å². The molecule has 0 atom stereocenters. The summed E-state index contributed by atoms with van der Waals surface area (Å²) in [7, 11) is 0. The topological polar surface area (TPSA) is 38.7 Å². The van der Waals surface area contributed by atoms with Gasteiger partial charge in [-0.2, -0.15) is 0 Å². The lowest BCUT2D eigenvalue weighted by Crippen LogP contribution is -2.55. The smallest absolute Gasteiger partial charge is 0.164 e. The lowest BCUT2D eigenvalue weighted by Gasteiger charge is -2.61. The normalized spacial score (nSPS) is 22.1. The molecule has 9 aromatic rings. The molecule has 0 saturated heterocycles. The van der Waals surface area contributed by atoms with Crippen molar-refractivity contribution in [2.24, 2.45) is 23.7 Å². The molecule has 60 heavy (non-hydrogen) atoms. The van der Waals surface area contributed by atoms with Crippen LogP contribution < -0.4 is 0 Å². The molecule has 4 fully saturated rings. The Kier molecular flexibility index (Phi) is 7.49. The number of fused-ring (bicyclic) bond motifs is 6. The Morgan fingerprint density at radius 2 is 0.917 bits per heavy atom. The average molecular weight is 770 g/mol. The van der Waals surface area contributed by atoms with Crippen LogP contribution in [0.15, 0.2) is 176 Å². The van der Waals surface area contributed by atoms with Gasteiger partial charge in [-0.05, 0) is 140 Å². The van der Waals surface area contributed by atoms with Gasteiger partial charge in [0.1, 0.15) is 0 Å². The van der Waals surface area contributed by atoms with Gasteiger partial charge in [0.25, 0.3) is 0 Å². The maximum atomic E-state index is 5.20. The Labute approximate surface area is 350 Å². The largest absolute Gasteiger partial charge is 0.208 e. The predicted octanol–water partition coefficient (Wildman–Crippen LogP) is 14.2. The lowest BCUT2D eigenvalue weighted by molar-refractivity contribution is -0.0393. The highest BCUT2D eigenvalue weighted by molar-refractivity contribution is 6.02. The maximum Gasteiger partial charge on any atom is 0.164 e. The Hall–Kier alpha value is -6.71. The van der Waals surface area contributed by atoms with Crippen molar-refractivity contribution in [3.05, 3.63) is 187 Å². The van der Waals surface area contributed by atoms with E-state index >= 15 is 0 Å². The van der Waals surface area contributed by atoms with Crippen LogP contribution in [0.1, 0.15) is 43.2 Å². The second kappa shape index (κ2) is 13.1. The molecule has 0 N–H and O–H groups in total. The first-order chi connectivity index (χ1) is 29.7. The molecule has 1 spiro atoms. The number of rotatable bonds is 5. The van der Waals surface area contributed by atoms with E-state index in [0.29, 0.717) is 17.5 Å². The molecule has 0 amide bonds. The van der Waals surface area contributed by atoms with Gasteiger partial charge < -0.3 is 0 Å². The number of nitrogens with zero attached hydrogens (tertiary/aromatic N) is 3. The summed E-state index contributed by atoms with van der Waals surface area (Å²) < 4.78 is 0. The van der Waals surface area contributed by atoms with Crippen LogP contribution in [0.25, 0.3) is 89.1 Å². The molecule has 3 heteroatoms. The summed E-state index contributed by atoms with van der Waals surface area (Å²) in [5.74, 6) is 5.25. The van der Waals surface area contributed by atoms with E-state index in [4.69, 9.17) is 15.0 Å². The van der Waals surface area contributed by atoms with Crippen LogP contribution in [0.3, 0.4) is 0 Å². The zero-order valence-corrected chi connectivity index (χ0v) is 33.4. The van der Waals surface area contributed by atoms with Crippen LogP contribution >= 0.6 is 0 Å². The third kappa shape index (κ3) is 5.11. The van der Waals surface area contributed by atoms with E-state index in [2.05, 4.69) is 158 Å². The summed E-state index contributed by atoms with van der Waals surface area (Å²) in [5, 5.41) is 5.24. The van der Waals surface area contributed by atoms with Crippen LogP contribution in [-0.4, -0.2) is 15.0 Å². The van der Waals surface area contributed by atoms with Gasteiger partial charge >= 0.3 is 0 Å². The lowest BCUT2D eigenvalue weighted by atomic mass is 9.43. The van der Waals surface area contributed by atoms with Crippen molar-refractivity contribution in [3.63, 3.8) is 0 Å². The highest BCUT2D eigenvalue weighted by Gasteiger charge is 2.62. The first-order valence-corrected chi connectivity index (χ1v) is 21.9. The molecule has 0 radical (unpaired) electrons. The minimum Gasteiger partial charge on any atom is -0.208 e. The molecule has 1 aromatic heterocycles. The van der Waals surface area contributed by atoms with E-state index in [1.807, 2.05) is 18.2 Å². The van der Waals surface area contributed by atoms with Crippen molar-refractivity contribution in [2.75, 3.05) is 0 Å². The molecule has 5 aliphatic carbocycles. The zero-order chi connectivity index (χ0) is 39.4. The number of hydrogen-bond donors (Lipinski definition) is 0. The zero-order valence-electron chi connectivity index (χ0n) is 33.4. The molecule has 0 unspecified atom stereocenters. The molecule has 8 aromatic carbocycles. The van der Waals surface area contributed by atoms with Crippen molar-refractivity contribution in [1.29, 1.82) is 0 Å². The summed E-state index contributed by atoms with van der Waals surface area (Å²) in [4.78, 5) is 15.4. The van der Waals surface area contributed by atoms with Gasteiger partial charge in [0.2, 0.25) is 0 Å². The van der Waals surface area contributed by atoms with Gasteiger partial charge in [-0.1, -0.05) is 158 Å². The third-order valence-corrected chi connectivity index (χ3v) is 14.9. The maximum absolute atomic E-state index is 5.20. The Morgan fingerprint density at radius 1 is 0.350 bits per heavy atom. The minimum atomic E-state index is 0.108. The predicted molar refractivity (Wildman–Crippen MR) is 245 cm³/mol. The Balaban J connectivity index is 0.965. The second-order valence-electron chi connectivity index (χ2n) is 18.0. The van der Waals surface area contributed by atoms with Crippen LogP contribution in [-0.2, 0) is 5.41 Å². The van der Waals surface area contributed by atoms with E-state index in [9.17, 15) is 0 Å². The quantitative estimate of drug-likeness (QED) is 0.175. The van der Waals surface area contributed by atoms with E-state index < -0.39 is 0 Å². The van der Waals surface area contributed by atoms with Gasteiger partial charge in [-0.25, -0.2) is 15.0 Å². The number of hydrogen-bond acceptors (Lipinski definition) is 3. The van der Waals surface area contributed by atoms with Gasteiger partial charge in [0, 0.05) is 22.1 Å². The van der Waals surface area contributed by atoms with E-state index in [1.54, 1.807) is 11.1 Å². The molecule has 5 aliphatic rings. The van der Waals surface area contributed by atoms with Gasteiger partial charge in [-0.3, -0.25) is 0 Å². The highest BCUT2D eigenvalue weighted by Crippen LogP contribution is 2.70. The van der Waals surface area contributed by atoms with Crippen LogP contribution in [0.2, 0.25) is 0 Å². The van der Waals surface area contributed by atoms with Crippen molar-refractivity contribution in [1.82, 2.24) is 15.0 Å². The summed E-state index contributed by atoms with van der Waals surface area (Å²) in [5.41, 5.74) is 13.9.